The minimum Gasteiger partial charge on any atom is -0.481 e. The molecule has 1 aromatic rings. The van der Waals surface area contributed by atoms with Gasteiger partial charge in [-0.25, -0.2) is 4.98 Å². The summed E-state index contributed by atoms with van der Waals surface area (Å²) in [6.45, 7) is 0.947. The van der Waals surface area contributed by atoms with Crippen molar-refractivity contribution in [2.24, 2.45) is 0 Å². The molecule has 2 rings (SSSR count). The van der Waals surface area contributed by atoms with Gasteiger partial charge in [-0.1, -0.05) is 0 Å². The first-order valence-corrected chi connectivity index (χ1v) is 5.52. The third-order valence-corrected chi connectivity index (χ3v) is 2.91. The molecule has 1 N–H and O–H groups in total. The van der Waals surface area contributed by atoms with Crippen molar-refractivity contribution in [2.45, 2.75) is 31.7 Å². The highest BCUT2D eigenvalue weighted by Crippen LogP contribution is 2.25. The van der Waals surface area contributed by atoms with Crippen molar-refractivity contribution in [3.8, 4) is 0 Å². The van der Waals surface area contributed by atoms with Crippen LogP contribution in [-0.4, -0.2) is 33.6 Å². The van der Waals surface area contributed by atoms with E-state index >= 15 is 0 Å². The Morgan fingerprint density at radius 1 is 1.56 bits per heavy atom. The van der Waals surface area contributed by atoms with Crippen molar-refractivity contribution in [1.29, 1.82) is 0 Å². The van der Waals surface area contributed by atoms with Gasteiger partial charge in [-0.05, 0) is 19.3 Å². The summed E-state index contributed by atoms with van der Waals surface area (Å²) in [7, 11) is 0. The third-order valence-electron chi connectivity index (χ3n) is 2.91. The second kappa shape index (κ2) is 4.92. The first-order valence-electron chi connectivity index (χ1n) is 5.52. The van der Waals surface area contributed by atoms with E-state index in [1.54, 1.807) is 18.6 Å². The maximum atomic E-state index is 10.6. The van der Waals surface area contributed by atoms with E-state index in [0.29, 0.717) is 12.5 Å². The van der Waals surface area contributed by atoms with Gasteiger partial charge in [0.2, 0.25) is 0 Å². The molecular weight excluding hydrogens is 206 g/mol. The number of carbonyl (C=O) groups is 1. The fourth-order valence-electron chi connectivity index (χ4n) is 2.17. The zero-order valence-electron chi connectivity index (χ0n) is 9.04. The van der Waals surface area contributed by atoms with E-state index in [-0.39, 0.29) is 6.42 Å². The van der Waals surface area contributed by atoms with Crippen LogP contribution in [0.4, 0.5) is 5.82 Å². The van der Waals surface area contributed by atoms with Crippen molar-refractivity contribution < 1.29 is 9.90 Å². The van der Waals surface area contributed by atoms with Gasteiger partial charge in [0.05, 0.1) is 6.20 Å². The molecule has 1 aliphatic heterocycles. The Balaban J connectivity index is 2.01. The van der Waals surface area contributed by atoms with Crippen molar-refractivity contribution >= 4 is 11.8 Å². The number of rotatable bonds is 4. The molecule has 86 valence electrons. The number of anilines is 1. The average Bonchev–Trinajstić information content (AvgIpc) is 2.75. The molecule has 5 heteroatoms. The van der Waals surface area contributed by atoms with E-state index in [2.05, 4.69) is 14.9 Å². The minimum absolute atomic E-state index is 0.224. The van der Waals surface area contributed by atoms with Gasteiger partial charge in [-0.2, -0.15) is 0 Å². The molecule has 1 fully saturated rings. The van der Waals surface area contributed by atoms with Crippen LogP contribution in [0.5, 0.6) is 0 Å². The molecule has 1 saturated heterocycles. The van der Waals surface area contributed by atoms with Crippen LogP contribution in [0, 0.1) is 0 Å². The van der Waals surface area contributed by atoms with Gasteiger partial charge in [0.15, 0.2) is 0 Å². The Labute approximate surface area is 94.1 Å². The molecule has 0 aliphatic carbocycles. The number of hydrogen-bond donors (Lipinski definition) is 1. The van der Waals surface area contributed by atoms with E-state index in [1.165, 1.54) is 0 Å². The fourth-order valence-corrected chi connectivity index (χ4v) is 2.17. The molecule has 5 nitrogen and oxygen atoms in total. The smallest absolute Gasteiger partial charge is 0.303 e. The lowest BCUT2D eigenvalue weighted by Crippen LogP contribution is -2.30. The second-order valence-corrected chi connectivity index (χ2v) is 3.99. The summed E-state index contributed by atoms with van der Waals surface area (Å²) in [5.41, 5.74) is 0. The Morgan fingerprint density at radius 3 is 3.12 bits per heavy atom. The van der Waals surface area contributed by atoms with Gasteiger partial charge in [0, 0.05) is 31.4 Å². The number of carboxylic acids is 1. The molecule has 0 saturated carbocycles. The molecule has 0 spiro atoms. The highest BCUT2D eigenvalue weighted by Gasteiger charge is 2.25. The summed E-state index contributed by atoms with van der Waals surface area (Å²) in [6.07, 6.45) is 8.10. The first-order chi connectivity index (χ1) is 7.77. The number of nitrogens with zero attached hydrogens (tertiary/aromatic N) is 3. The fraction of sp³-hybridized carbons (Fsp3) is 0.545. The molecule has 1 unspecified atom stereocenters. The molecule has 16 heavy (non-hydrogen) atoms. The first kappa shape index (κ1) is 10.9. The van der Waals surface area contributed by atoms with Crippen molar-refractivity contribution in [2.75, 3.05) is 11.4 Å². The predicted octanol–water partition coefficient (Wildman–Crippen LogP) is 1.31. The monoisotopic (exact) mass is 221 g/mol. The highest BCUT2D eigenvalue weighted by atomic mass is 16.4. The Morgan fingerprint density at radius 2 is 2.44 bits per heavy atom. The summed E-state index contributed by atoms with van der Waals surface area (Å²) < 4.78 is 0. The summed E-state index contributed by atoms with van der Waals surface area (Å²) in [4.78, 5) is 21.0. The Hall–Kier alpha value is -1.65. The summed E-state index contributed by atoms with van der Waals surface area (Å²) >= 11 is 0. The van der Waals surface area contributed by atoms with E-state index < -0.39 is 5.97 Å². The molecule has 0 radical (unpaired) electrons. The van der Waals surface area contributed by atoms with Gasteiger partial charge in [0.1, 0.15) is 5.82 Å². The van der Waals surface area contributed by atoms with E-state index in [1.807, 2.05) is 0 Å². The lowest BCUT2D eigenvalue weighted by molar-refractivity contribution is -0.137. The van der Waals surface area contributed by atoms with E-state index in [0.717, 1.165) is 25.2 Å². The lowest BCUT2D eigenvalue weighted by atomic mass is 10.1. The zero-order chi connectivity index (χ0) is 11.4. The Bertz CT molecular complexity index is 356. The molecular formula is C11H15N3O2. The van der Waals surface area contributed by atoms with E-state index in [9.17, 15) is 4.79 Å². The number of carboxylic acid groups (broad SMARTS) is 1. The SMILES string of the molecule is O=C(O)CCC1CCCN1c1cnccn1. The molecule has 0 aromatic carbocycles. The topological polar surface area (TPSA) is 66.3 Å². The molecule has 1 aliphatic rings. The van der Waals surface area contributed by atoms with Gasteiger partial charge in [-0.3, -0.25) is 9.78 Å². The standard InChI is InChI=1S/C11H15N3O2/c15-11(16)4-3-9-2-1-7-14(9)10-8-12-5-6-13-10/h5-6,8-9H,1-4,7H2,(H,15,16). The van der Waals surface area contributed by atoms with Crippen LogP contribution < -0.4 is 4.90 Å². The van der Waals surface area contributed by atoms with Crippen molar-refractivity contribution in [3.63, 3.8) is 0 Å². The van der Waals surface area contributed by atoms with Crippen LogP contribution in [0.1, 0.15) is 25.7 Å². The maximum Gasteiger partial charge on any atom is 0.303 e. The molecule has 2 heterocycles. The van der Waals surface area contributed by atoms with Crippen molar-refractivity contribution in [1.82, 2.24) is 9.97 Å². The molecule has 1 atom stereocenters. The zero-order valence-corrected chi connectivity index (χ0v) is 9.04. The van der Waals surface area contributed by atoms with Crippen LogP contribution in [0.25, 0.3) is 0 Å². The summed E-state index contributed by atoms with van der Waals surface area (Å²) in [5.74, 6) is 0.126. The van der Waals surface area contributed by atoms with Crippen molar-refractivity contribution in [3.05, 3.63) is 18.6 Å². The highest BCUT2D eigenvalue weighted by molar-refractivity contribution is 5.66. The summed E-state index contributed by atoms with van der Waals surface area (Å²) in [5, 5.41) is 8.68. The normalized spacial score (nSPS) is 20.0. The maximum absolute atomic E-state index is 10.6. The van der Waals surface area contributed by atoms with Crippen LogP contribution in [-0.2, 0) is 4.79 Å². The minimum atomic E-state index is -0.731. The van der Waals surface area contributed by atoms with Crippen LogP contribution in [0.15, 0.2) is 18.6 Å². The largest absolute Gasteiger partial charge is 0.481 e. The van der Waals surface area contributed by atoms with Gasteiger partial charge in [-0.15, -0.1) is 0 Å². The quantitative estimate of drug-likeness (QED) is 0.830. The number of hydrogen-bond acceptors (Lipinski definition) is 4. The lowest BCUT2D eigenvalue weighted by Gasteiger charge is -2.24. The predicted molar refractivity (Wildman–Crippen MR) is 59.3 cm³/mol. The van der Waals surface area contributed by atoms with E-state index in [4.69, 9.17) is 5.11 Å². The van der Waals surface area contributed by atoms with Crippen LogP contribution in [0.3, 0.4) is 0 Å². The summed E-state index contributed by atoms with van der Waals surface area (Å²) in [6, 6.07) is 0.299. The Kier molecular flexibility index (Phi) is 3.34. The number of aliphatic carboxylic acids is 1. The number of aromatic nitrogens is 2. The second-order valence-electron chi connectivity index (χ2n) is 3.99. The van der Waals surface area contributed by atoms with Gasteiger partial charge < -0.3 is 10.0 Å². The van der Waals surface area contributed by atoms with Crippen LogP contribution in [0.2, 0.25) is 0 Å². The third kappa shape index (κ3) is 2.48. The van der Waals surface area contributed by atoms with Crippen LogP contribution >= 0.6 is 0 Å². The molecule has 1 aromatic heterocycles. The van der Waals surface area contributed by atoms with Gasteiger partial charge >= 0.3 is 5.97 Å². The average molecular weight is 221 g/mol. The van der Waals surface area contributed by atoms with Gasteiger partial charge in [0.25, 0.3) is 0 Å². The molecule has 0 amide bonds. The molecule has 0 bridgehead atoms.